The van der Waals surface area contributed by atoms with Gasteiger partial charge in [-0.15, -0.1) is 0 Å². The molecule has 0 aromatic rings. The van der Waals surface area contributed by atoms with Crippen molar-refractivity contribution in [2.75, 3.05) is 12.0 Å². The Morgan fingerprint density at radius 1 is 1.37 bits per heavy atom. The Kier molecular flexibility index (Phi) is 3.59. The zero-order valence-corrected chi connectivity index (χ0v) is 12.2. The number of carbonyl (C=O) groups excluding carboxylic acids is 2. The predicted octanol–water partition coefficient (Wildman–Crippen LogP) is -0.455. The minimum atomic E-state index is -3.18. The van der Waals surface area contributed by atoms with Gasteiger partial charge in [0.2, 0.25) is 11.8 Å². The second-order valence-electron chi connectivity index (χ2n) is 5.69. The largest absolute Gasteiger partial charge is 0.342 e. The summed E-state index contributed by atoms with van der Waals surface area (Å²) in [5.41, 5.74) is 0. The number of rotatable bonds is 4. The normalized spacial score (nSPS) is 30.2. The van der Waals surface area contributed by atoms with Crippen molar-refractivity contribution in [1.29, 1.82) is 0 Å². The van der Waals surface area contributed by atoms with Gasteiger partial charge in [0.15, 0.2) is 0 Å². The van der Waals surface area contributed by atoms with Crippen molar-refractivity contribution in [2.24, 2.45) is 5.92 Å². The van der Waals surface area contributed by atoms with Gasteiger partial charge in [-0.2, -0.15) is 0 Å². The van der Waals surface area contributed by atoms with Crippen LogP contribution in [0.2, 0.25) is 0 Å². The molecule has 2 rings (SSSR count). The van der Waals surface area contributed by atoms with E-state index < -0.39 is 28.0 Å². The van der Waals surface area contributed by atoms with Crippen LogP contribution in [0, 0.1) is 5.92 Å². The van der Waals surface area contributed by atoms with Gasteiger partial charge in [0.1, 0.15) is 21.9 Å². The Hall–Kier alpha value is -1.11. The molecular formula is C12H20N2O4S. The molecule has 6 nitrogen and oxygen atoms in total. The Bertz CT molecular complexity index is 498. The summed E-state index contributed by atoms with van der Waals surface area (Å²) in [5, 5.41) is 2.75. The number of sulfone groups is 1. The van der Waals surface area contributed by atoms with Gasteiger partial charge in [0, 0.05) is 12.3 Å². The van der Waals surface area contributed by atoms with E-state index in [1.807, 2.05) is 0 Å². The summed E-state index contributed by atoms with van der Waals surface area (Å²) < 4.78 is 22.7. The van der Waals surface area contributed by atoms with Gasteiger partial charge in [-0.05, 0) is 32.6 Å². The highest BCUT2D eigenvalue weighted by Crippen LogP contribution is 2.35. The van der Waals surface area contributed by atoms with Crippen molar-refractivity contribution in [1.82, 2.24) is 10.2 Å². The van der Waals surface area contributed by atoms with E-state index in [-0.39, 0.29) is 23.5 Å². The van der Waals surface area contributed by atoms with Crippen molar-refractivity contribution >= 4 is 21.7 Å². The zero-order chi connectivity index (χ0) is 14.4. The second kappa shape index (κ2) is 4.77. The highest BCUT2D eigenvalue weighted by Gasteiger charge is 2.47. The zero-order valence-electron chi connectivity index (χ0n) is 11.4. The molecule has 0 aromatic heterocycles. The van der Waals surface area contributed by atoms with Crippen LogP contribution in [-0.4, -0.2) is 55.3 Å². The molecule has 1 aliphatic heterocycles. The van der Waals surface area contributed by atoms with Crippen molar-refractivity contribution in [3.63, 3.8) is 0 Å². The summed E-state index contributed by atoms with van der Waals surface area (Å²) in [6.07, 6.45) is 3.03. The van der Waals surface area contributed by atoms with Gasteiger partial charge in [-0.1, -0.05) is 0 Å². The van der Waals surface area contributed by atoms with E-state index in [9.17, 15) is 18.0 Å². The van der Waals surface area contributed by atoms with E-state index in [2.05, 4.69) is 5.32 Å². The van der Waals surface area contributed by atoms with Crippen molar-refractivity contribution in [2.45, 2.75) is 44.8 Å². The molecule has 3 unspecified atom stereocenters. The molecule has 1 saturated heterocycles. The van der Waals surface area contributed by atoms with Crippen molar-refractivity contribution in [3.05, 3.63) is 0 Å². The third kappa shape index (κ3) is 3.08. The van der Waals surface area contributed by atoms with E-state index in [4.69, 9.17) is 0 Å². The monoisotopic (exact) mass is 288 g/mol. The van der Waals surface area contributed by atoms with Gasteiger partial charge >= 0.3 is 0 Å². The summed E-state index contributed by atoms with van der Waals surface area (Å²) in [4.78, 5) is 25.7. The van der Waals surface area contributed by atoms with E-state index in [0.717, 1.165) is 19.1 Å². The molecule has 0 bridgehead atoms. The van der Waals surface area contributed by atoms with Crippen LogP contribution in [0.25, 0.3) is 0 Å². The van der Waals surface area contributed by atoms with Gasteiger partial charge in [0.25, 0.3) is 0 Å². The Labute approximate surface area is 113 Å². The minimum absolute atomic E-state index is 0.117. The molecule has 2 amide bonds. The van der Waals surface area contributed by atoms with E-state index in [1.165, 1.54) is 4.90 Å². The summed E-state index contributed by atoms with van der Waals surface area (Å²) >= 11 is 0. The molecule has 0 radical (unpaired) electrons. The Morgan fingerprint density at radius 2 is 1.95 bits per heavy atom. The van der Waals surface area contributed by atoms with Crippen LogP contribution in [0.1, 0.15) is 26.7 Å². The fourth-order valence-electron chi connectivity index (χ4n) is 2.68. The quantitative estimate of drug-likeness (QED) is 0.759. The van der Waals surface area contributed by atoms with E-state index in [1.54, 1.807) is 13.8 Å². The smallest absolute Gasteiger partial charge is 0.246 e. The molecule has 19 heavy (non-hydrogen) atoms. The third-order valence-electron chi connectivity index (χ3n) is 3.73. The third-order valence-corrected chi connectivity index (χ3v) is 4.82. The molecular weight excluding hydrogens is 268 g/mol. The molecule has 0 spiro atoms. The molecule has 1 heterocycles. The lowest BCUT2D eigenvalue weighted by atomic mass is 10.0. The maximum absolute atomic E-state index is 12.4. The van der Waals surface area contributed by atoms with Crippen molar-refractivity contribution in [3.8, 4) is 0 Å². The summed E-state index contributed by atoms with van der Waals surface area (Å²) in [7, 11) is -3.18. The SMILES string of the molecule is CC(CS(C)(=O)=O)N1C(=O)C(C2CC2)NC(=O)C1C. The lowest BCUT2D eigenvalue weighted by Crippen LogP contribution is -2.65. The number of nitrogens with zero attached hydrogens (tertiary/aromatic N) is 1. The van der Waals surface area contributed by atoms with Crippen LogP contribution >= 0.6 is 0 Å². The van der Waals surface area contributed by atoms with Gasteiger partial charge in [-0.25, -0.2) is 8.42 Å². The first kappa shape index (κ1) is 14.3. The molecule has 1 aliphatic carbocycles. The number of hydrogen-bond donors (Lipinski definition) is 1. The van der Waals surface area contributed by atoms with Gasteiger partial charge < -0.3 is 10.2 Å². The Balaban J connectivity index is 2.19. The molecule has 108 valence electrons. The second-order valence-corrected chi connectivity index (χ2v) is 7.87. The van der Waals surface area contributed by atoms with Crippen molar-refractivity contribution < 1.29 is 18.0 Å². The first-order chi connectivity index (χ1) is 8.70. The highest BCUT2D eigenvalue weighted by atomic mass is 32.2. The lowest BCUT2D eigenvalue weighted by molar-refractivity contribution is -0.151. The molecule has 1 N–H and O–H groups in total. The topological polar surface area (TPSA) is 83.6 Å². The van der Waals surface area contributed by atoms with E-state index in [0.29, 0.717) is 0 Å². The molecule has 1 saturated carbocycles. The lowest BCUT2D eigenvalue weighted by Gasteiger charge is -2.40. The van der Waals surface area contributed by atoms with Crippen LogP contribution < -0.4 is 5.32 Å². The fourth-order valence-corrected chi connectivity index (χ4v) is 3.72. The summed E-state index contributed by atoms with van der Waals surface area (Å²) in [6, 6.07) is -1.56. The number of carbonyl (C=O) groups is 2. The van der Waals surface area contributed by atoms with Crippen LogP contribution in [0.3, 0.4) is 0 Å². The maximum Gasteiger partial charge on any atom is 0.246 e. The van der Waals surface area contributed by atoms with E-state index >= 15 is 0 Å². The fraction of sp³-hybridized carbons (Fsp3) is 0.833. The number of hydrogen-bond acceptors (Lipinski definition) is 4. The Morgan fingerprint density at radius 3 is 2.42 bits per heavy atom. The summed E-state index contributed by atoms with van der Waals surface area (Å²) in [6.45, 7) is 3.31. The predicted molar refractivity (Wildman–Crippen MR) is 70.1 cm³/mol. The highest BCUT2D eigenvalue weighted by molar-refractivity contribution is 7.90. The molecule has 0 aromatic carbocycles. The number of nitrogens with one attached hydrogen (secondary N) is 1. The first-order valence-electron chi connectivity index (χ1n) is 6.51. The van der Waals surface area contributed by atoms with Crippen LogP contribution in [0.15, 0.2) is 0 Å². The average molecular weight is 288 g/mol. The first-order valence-corrected chi connectivity index (χ1v) is 8.57. The molecule has 3 atom stereocenters. The molecule has 2 fully saturated rings. The van der Waals surface area contributed by atoms with Crippen LogP contribution in [0.5, 0.6) is 0 Å². The van der Waals surface area contributed by atoms with Crippen LogP contribution in [0.4, 0.5) is 0 Å². The van der Waals surface area contributed by atoms with Crippen LogP contribution in [-0.2, 0) is 19.4 Å². The maximum atomic E-state index is 12.4. The molecule has 7 heteroatoms. The molecule has 2 aliphatic rings. The number of amides is 2. The standard InChI is InChI=1S/C12H20N2O4S/c1-7(6-19(3,17)18)14-8(2)11(15)13-10(12(14)16)9-4-5-9/h7-10H,4-6H2,1-3H3,(H,13,15). The van der Waals surface area contributed by atoms with Gasteiger partial charge in [-0.3, -0.25) is 9.59 Å². The minimum Gasteiger partial charge on any atom is -0.342 e. The summed E-state index contributed by atoms with van der Waals surface area (Å²) in [5.74, 6) is -0.243. The number of piperazine rings is 1. The average Bonchev–Trinajstić information content (AvgIpc) is 3.04. The van der Waals surface area contributed by atoms with Gasteiger partial charge in [0.05, 0.1) is 5.75 Å².